The van der Waals surface area contributed by atoms with Gasteiger partial charge in [0.1, 0.15) is 5.82 Å². The van der Waals surface area contributed by atoms with Gasteiger partial charge in [0.05, 0.1) is 0 Å². The number of carbonyl (C=O) groups is 2. The SMILES string of the molecule is Cc1ccnc(C(=O)NC23CC4CC(CC(NC(=O)Oc5ccnc(C)n5)(C4)C2)C3)n1. The van der Waals surface area contributed by atoms with E-state index >= 15 is 0 Å². The molecular weight excluding hydrogens is 396 g/mol. The minimum atomic E-state index is -0.511. The van der Waals surface area contributed by atoms with Crippen molar-refractivity contribution in [1.29, 1.82) is 0 Å². The van der Waals surface area contributed by atoms with Crippen molar-refractivity contribution in [2.75, 3.05) is 0 Å². The van der Waals surface area contributed by atoms with E-state index in [-0.39, 0.29) is 28.7 Å². The fourth-order valence-electron chi connectivity index (χ4n) is 6.24. The first-order chi connectivity index (χ1) is 14.8. The topological polar surface area (TPSA) is 119 Å². The molecule has 2 amide bonds. The van der Waals surface area contributed by atoms with Crippen LogP contribution in [0.3, 0.4) is 0 Å². The molecule has 6 rings (SSSR count). The lowest BCUT2D eigenvalue weighted by atomic mass is 9.50. The minimum Gasteiger partial charge on any atom is -0.391 e. The Balaban J connectivity index is 1.32. The zero-order valence-corrected chi connectivity index (χ0v) is 17.7. The van der Waals surface area contributed by atoms with Crippen molar-refractivity contribution in [1.82, 2.24) is 30.6 Å². The second-order valence-corrected chi connectivity index (χ2v) is 9.45. The van der Waals surface area contributed by atoms with Gasteiger partial charge in [0.25, 0.3) is 5.91 Å². The first kappa shape index (κ1) is 19.8. The van der Waals surface area contributed by atoms with Crippen molar-refractivity contribution < 1.29 is 14.3 Å². The second-order valence-electron chi connectivity index (χ2n) is 9.45. The first-order valence-electron chi connectivity index (χ1n) is 10.7. The molecule has 0 spiro atoms. The Morgan fingerprint density at radius 3 is 2.32 bits per heavy atom. The number of hydrogen-bond donors (Lipinski definition) is 2. The maximum Gasteiger partial charge on any atom is 0.414 e. The molecule has 0 aromatic carbocycles. The van der Waals surface area contributed by atoms with Gasteiger partial charge in [-0.25, -0.2) is 19.7 Å². The quantitative estimate of drug-likeness (QED) is 0.777. The van der Waals surface area contributed by atoms with E-state index < -0.39 is 6.09 Å². The van der Waals surface area contributed by atoms with Crippen LogP contribution in [0.2, 0.25) is 0 Å². The van der Waals surface area contributed by atoms with E-state index in [4.69, 9.17) is 4.74 Å². The third-order valence-corrected chi connectivity index (χ3v) is 6.75. The van der Waals surface area contributed by atoms with Gasteiger partial charge in [0.2, 0.25) is 11.7 Å². The fourth-order valence-corrected chi connectivity index (χ4v) is 6.24. The van der Waals surface area contributed by atoms with E-state index in [1.165, 1.54) is 0 Å². The lowest BCUT2D eigenvalue weighted by Gasteiger charge is -2.61. The molecule has 2 heterocycles. The van der Waals surface area contributed by atoms with E-state index in [1.807, 2.05) is 6.92 Å². The maximum atomic E-state index is 12.9. The van der Waals surface area contributed by atoms with Crippen LogP contribution in [0.4, 0.5) is 4.79 Å². The van der Waals surface area contributed by atoms with Gasteiger partial charge in [-0.15, -0.1) is 0 Å². The van der Waals surface area contributed by atoms with Crippen molar-refractivity contribution in [2.24, 2.45) is 11.8 Å². The summed E-state index contributed by atoms with van der Waals surface area (Å²) >= 11 is 0. The largest absolute Gasteiger partial charge is 0.414 e. The highest BCUT2D eigenvalue weighted by Gasteiger charge is 2.59. The first-order valence-corrected chi connectivity index (χ1v) is 10.7. The number of nitrogens with zero attached hydrogens (tertiary/aromatic N) is 4. The van der Waals surface area contributed by atoms with Gasteiger partial charge < -0.3 is 15.4 Å². The molecule has 4 fully saturated rings. The highest BCUT2D eigenvalue weighted by molar-refractivity contribution is 5.91. The fraction of sp³-hybridized carbons (Fsp3) is 0.545. The van der Waals surface area contributed by atoms with Crippen molar-refractivity contribution in [2.45, 2.75) is 63.5 Å². The van der Waals surface area contributed by atoms with Gasteiger partial charge in [-0.3, -0.25) is 4.79 Å². The zero-order chi connectivity index (χ0) is 21.6. The smallest absolute Gasteiger partial charge is 0.391 e. The number of hydrogen-bond acceptors (Lipinski definition) is 7. The van der Waals surface area contributed by atoms with Gasteiger partial charge in [-0.2, -0.15) is 4.98 Å². The molecule has 9 nitrogen and oxygen atoms in total. The van der Waals surface area contributed by atoms with Crippen LogP contribution in [-0.4, -0.2) is 43.0 Å². The monoisotopic (exact) mass is 422 g/mol. The Labute approximate surface area is 180 Å². The van der Waals surface area contributed by atoms with Crippen molar-refractivity contribution in [3.8, 4) is 5.88 Å². The molecule has 2 aromatic rings. The Morgan fingerprint density at radius 1 is 0.968 bits per heavy atom. The number of amides is 2. The third-order valence-electron chi connectivity index (χ3n) is 6.75. The van der Waals surface area contributed by atoms with Gasteiger partial charge >= 0.3 is 6.09 Å². The molecular formula is C22H26N6O3. The van der Waals surface area contributed by atoms with Crippen LogP contribution in [0.15, 0.2) is 24.5 Å². The standard InChI is InChI=1S/C22H26N6O3/c1-13-3-5-24-18(25-13)19(29)27-21-8-15-7-16(9-21)11-22(10-15,12-21)28-20(30)31-17-4-6-23-14(2)26-17/h3-6,15-16H,7-12H2,1-2H3,(H,27,29)(H,28,30). The number of aromatic nitrogens is 4. The molecule has 0 radical (unpaired) electrons. The van der Waals surface area contributed by atoms with Crippen LogP contribution in [0.1, 0.15) is 60.7 Å². The van der Waals surface area contributed by atoms with Crippen LogP contribution in [0.25, 0.3) is 0 Å². The molecule has 2 aromatic heterocycles. The number of nitrogens with one attached hydrogen (secondary N) is 2. The molecule has 0 saturated heterocycles. The minimum absolute atomic E-state index is 0.191. The van der Waals surface area contributed by atoms with Crippen molar-refractivity contribution in [3.05, 3.63) is 41.9 Å². The van der Waals surface area contributed by atoms with E-state index in [1.54, 1.807) is 31.5 Å². The highest BCUT2D eigenvalue weighted by atomic mass is 16.6. The Bertz CT molecular complexity index is 1030. The van der Waals surface area contributed by atoms with Crippen molar-refractivity contribution in [3.63, 3.8) is 0 Å². The molecule has 4 aliphatic rings. The summed E-state index contributed by atoms with van der Waals surface area (Å²) in [6.45, 7) is 3.58. The van der Waals surface area contributed by atoms with Gasteiger partial charge in [0.15, 0.2) is 0 Å². The molecule has 4 saturated carbocycles. The number of aryl methyl sites for hydroxylation is 2. The van der Waals surface area contributed by atoms with Crippen LogP contribution in [-0.2, 0) is 0 Å². The molecule has 4 bridgehead atoms. The van der Waals surface area contributed by atoms with Gasteiger partial charge in [-0.05, 0) is 70.3 Å². The second kappa shape index (κ2) is 7.25. The molecule has 9 heteroatoms. The van der Waals surface area contributed by atoms with Crippen LogP contribution < -0.4 is 15.4 Å². The predicted octanol–water partition coefficient (Wildman–Crippen LogP) is 2.49. The summed E-state index contributed by atoms with van der Waals surface area (Å²) in [5, 5.41) is 6.38. The summed E-state index contributed by atoms with van der Waals surface area (Å²) in [5.74, 6) is 1.63. The molecule has 162 valence electrons. The average Bonchev–Trinajstić information content (AvgIpc) is 2.66. The lowest BCUT2D eigenvalue weighted by Crippen LogP contribution is -2.70. The number of rotatable bonds is 4. The van der Waals surface area contributed by atoms with E-state index in [0.29, 0.717) is 24.1 Å². The van der Waals surface area contributed by atoms with E-state index in [2.05, 4.69) is 30.6 Å². The lowest BCUT2D eigenvalue weighted by molar-refractivity contribution is -0.0450. The normalized spacial score (nSPS) is 30.6. The summed E-state index contributed by atoms with van der Waals surface area (Å²) in [7, 11) is 0. The van der Waals surface area contributed by atoms with Gasteiger partial charge in [0, 0.05) is 35.2 Å². The number of carbonyl (C=O) groups excluding carboxylic acids is 2. The van der Waals surface area contributed by atoms with E-state index in [9.17, 15) is 9.59 Å². The number of ether oxygens (including phenoxy) is 1. The summed E-state index contributed by atoms with van der Waals surface area (Å²) < 4.78 is 5.42. The van der Waals surface area contributed by atoms with Gasteiger partial charge in [-0.1, -0.05) is 0 Å². The average molecular weight is 422 g/mol. The maximum absolute atomic E-state index is 12.9. The van der Waals surface area contributed by atoms with Crippen LogP contribution in [0, 0.1) is 25.7 Å². The molecule has 31 heavy (non-hydrogen) atoms. The summed E-state index contributed by atoms with van der Waals surface area (Å²) in [5.41, 5.74) is 0.0170. The third kappa shape index (κ3) is 3.96. The predicted molar refractivity (Wildman–Crippen MR) is 110 cm³/mol. The zero-order valence-electron chi connectivity index (χ0n) is 17.7. The summed E-state index contributed by atoms with van der Waals surface area (Å²) in [6, 6.07) is 3.33. The molecule has 2 atom stereocenters. The van der Waals surface area contributed by atoms with Crippen LogP contribution in [0.5, 0.6) is 5.88 Å². The molecule has 2 N–H and O–H groups in total. The molecule has 2 unspecified atom stereocenters. The van der Waals surface area contributed by atoms with E-state index in [0.717, 1.165) is 37.8 Å². The Kier molecular flexibility index (Phi) is 4.64. The van der Waals surface area contributed by atoms with Crippen molar-refractivity contribution >= 4 is 12.0 Å². The Morgan fingerprint density at radius 2 is 1.65 bits per heavy atom. The van der Waals surface area contributed by atoms with Crippen LogP contribution >= 0.6 is 0 Å². The summed E-state index contributed by atoms with van der Waals surface area (Å²) in [6.07, 6.45) is 8.13. The molecule has 4 aliphatic carbocycles. The Hall–Kier alpha value is -3.10. The highest BCUT2D eigenvalue weighted by Crippen LogP contribution is 2.57. The molecule has 0 aliphatic heterocycles. The summed E-state index contributed by atoms with van der Waals surface area (Å²) in [4.78, 5) is 42.2.